The number of fused-ring (bicyclic) bond motifs is 3. The van der Waals surface area contributed by atoms with Gasteiger partial charge in [-0.3, -0.25) is 24.4 Å². The molecule has 4 aliphatic rings. The quantitative estimate of drug-likeness (QED) is 0.269. The molecule has 1 aromatic rings. The zero-order valence-corrected chi connectivity index (χ0v) is 19.6. The lowest BCUT2D eigenvalue weighted by molar-refractivity contribution is -0.173. The summed E-state index contributed by atoms with van der Waals surface area (Å²) in [6.07, 6.45) is 7.07. The summed E-state index contributed by atoms with van der Waals surface area (Å²) in [4.78, 5) is 51.2. The van der Waals surface area contributed by atoms with E-state index in [-0.39, 0.29) is 45.5 Å². The zero-order valence-electron chi connectivity index (χ0n) is 18.0. The van der Waals surface area contributed by atoms with Crippen molar-refractivity contribution in [2.24, 2.45) is 23.7 Å². The van der Waals surface area contributed by atoms with Gasteiger partial charge in [0, 0.05) is 23.1 Å². The lowest BCUT2D eigenvalue weighted by atomic mass is 9.61. The number of allylic oxidation sites excluding steroid dienone is 7. The standard InChI is InChI=1S/C25H20BrNO7/c1-34-20-8-11(3-7-18(20)28)2-4-13-12-5-6-14-22(25(32)27(33)24(14)31)15(12)9-16-21(13)19(29)10-17(26)23(16)30/h2-5,7-8,10,13-15,22,28,33H,6,9H2,1H3/t13-,14-,15+,22-/m0/s1. The minimum absolute atomic E-state index is 0.00980. The average molecular weight is 526 g/mol. The van der Waals surface area contributed by atoms with Crippen LogP contribution in [0.3, 0.4) is 0 Å². The van der Waals surface area contributed by atoms with Gasteiger partial charge in [-0.15, -0.1) is 0 Å². The molecule has 0 spiro atoms. The molecule has 1 saturated heterocycles. The molecule has 174 valence electrons. The van der Waals surface area contributed by atoms with Crippen molar-refractivity contribution in [2.75, 3.05) is 7.11 Å². The minimum atomic E-state index is -0.788. The van der Waals surface area contributed by atoms with E-state index in [1.54, 1.807) is 24.3 Å². The molecular weight excluding hydrogens is 506 g/mol. The maximum Gasteiger partial charge on any atom is 0.257 e. The van der Waals surface area contributed by atoms with Crippen LogP contribution in [0.1, 0.15) is 18.4 Å². The predicted octanol–water partition coefficient (Wildman–Crippen LogP) is 3.10. The monoisotopic (exact) mass is 525 g/mol. The maximum atomic E-state index is 13.0. The SMILES string of the molecule is COc1cc(C=C[C@H]2C3=CC[C@@H]4C(=O)N(O)C(=O)[C@@H]4[C@@H]3CC3=C2C(=O)C=C(Br)C3=O)ccc1O. The summed E-state index contributed by atoms with van der Waals surface area (Å²) in [5.41, 5.74) is 2.16. The van der Waals surface area contributed by atoms with Gasteiger partial charge in [-0.25, -0.2) is 0 Å². The summed E-state index contributed by atoms with van der Waals surface area (Å²) in [6, 6.07) is 4.81. The van der Waals surface area contributed by atoms with Crippen molar-refractivity contribution >= 4 is 45.4 Å². The van der Waals surface area contributed by atoms with Crippen molar-refractivity contribution in [3.05, 3.63) is 63.2 Å². The number of carbonyl (C=O) groups excluding carboxylic acids is 4. The molecular formula is C25H20BrNO7. The van der Waals surface area contributed by atoms with Gasteiger partial charge >= 0.3 is 0 Å². The highest BCUT2D eigenvalue weighted by molar-refractivity contribution is 9.12. The second kappa shape index (κ2) is 8.18. The second-order valence-corrected chi connectivity index (χ2v) is 9.57. The van der Waals surface area contributed by atoms with Crippen molar-refractivity contribution in [3.8, 4) is 11.5 Å². The number of aromatic hydroxyl groups is 1. The number of carbonyl (C=O) groups is 4. The number of methoxy groups -OCH3 is 1. The molecule has 34 heavy (non-hydrogen) atoms. The Morgan fingerprint density at radius 2 is 1.91 bits per heavy atom. The Morgan fingerprint density at radius 3 is 2.65 bits per heavy atom. The molecule has 0 unspecified atom stereocenters. The molecule has 3 aliphatic carbocycles. The number of ether oxygens (including phenoxy) is 1. The van der Waals surface area contributed by atoms with E-state index in [4.69, 9.17) is 4.74 Å². The van der Waals surface area contributed by atoms with Crippen LogP contribution in [0.5, 0.6) is 11.5 Å². The van der Waals surface area contributed by atoms with Crippen molar-refractivity contribution in [3.63, 3.8) is 0 Å². The van der Waals surface area contributed by atoms with Crippen LogP contribution >= 0.6 is 15.9 Å². The van der Waals surface area contributed by atoms with Crippen molar-refractivity contribution in [2.45, 2.75) is 12.8 Å². The molecule has 1 heterocycles. The molecule has 2 amide bonds. The Morgan fingerprint density at radius 1 is 1.15 bits per heavy atom. The molecule has 8 nitrogen and oxygen atoms in total. The van der Waals surface area contributed by atoms with E-state index < -0.39 is 35.5 Å². The van der Waals surface area contributed by atoms with Gasteiger partial charge in [0.15, 0.2) is 23.1 Å². The Labute approximate surface area is 203 Å². The third-order valence-electron chi connectivity index (χ3n) is 7.04. The smallest absolute Gasteiger partial charge is 0.257 e. The average Bonchev–Trinajstić information content (AvgIpc) is 3.05. The number of nitrogens with zero attached hydrogens (tertiary/aromatic N) is 1. The first-order valence-corrected chi connectivity index (χ1v) is 11.5. The van der Waals surface area contributed by atoms with Gasteiger partial charge in [-0.1, -0.05) is 29.9 Å². The number of amides is 2. The molecule has 1 fully saturated rings. The van der Waals surface area contributed by atoms with Crippen LogP contribution in [-0.2, 0) is 19.2 Å². The van der Waals surface area contributed by atoms with Gasteiger partial charge in [-0.05, 0) is 52.4 Å². The third-order valence-corrected chi connectivity index (χ3v) is 7.63. The number of Topliss-reactive ketones (excluding diaryl/α,β-unsaturated/α-hetero) is 1. The first-order chi connectivity index (χ1) is 16.2. The number of phenols is 1. The fraction of sp³-hybridized carbons (Fsp3) is 0.280. The first kappa shape index (κ1) is 22.5. The molecule has 0 saturated carbocycles. The largest absolute Gasteiger partial charge is 0.504 e. The Hall–Kier alpha value is -3.30. The number of hydrogen-bond donors (Lipinski definition) is 2. The highest BCUT2D eigenvalue weighted by Crippen LogP contribution is 2.52. The van der Waals surface area contributed by atoms with Gasteiger partial charge in [0.05, 0.1) is 23.4 Å². The molecule has 2 N–H and O–H groups in total. The summed E-state index contributed by atoms with van der Waals surface area (Å²) in [7, 11) is 1.44. The predicted molar refractivity (Wildman–Crippen MR) is 123 cm³/mol. The van der Waals surface area contributed by atoms with Gasteiger partial charge in [0.25, 0.3) is 11.8 Å². The Kier molecular flexibility index (Phi) is 5.41. The van der Waals surface area contributed by atoms with Crippen LogP contribution in [0.4, 0.5) is 0 Å². The fourth-order valence-electron chi connectivity index (χ4n) is 5.47. The summed E-state index contributed by atoms with van der Waals surface area (Å²) >= 11 is 3.17. The van der Waals surface area contributed by atoms with Crippen molar-refractivity contribution < 1.29 is 34.2 Å². The van der Waals surface area contributed by atoms with E-state index >= 15 is 0 Å². The second-order valence-electron chi connectivity index (χ2n) is 8.72. The molecule has 4 atom stereocenters. The lowest BCUT2D eigenvalue weighted by Crippen LogP contribution is -2.39. The van der Waals surface area contributed by atoms with E-state index in [2.05, 4.69) is 15.9 Å². The Bertz CT molecular complexity index is 1290. The van der Waals surface area contributed by atoms with Crippen LogP contribution in [0.25, 0.3) is 6.08 Å². The maximum absolute atomic E-state index is 13.0. The molecule has 1 aromatic carbocycles. The first-order valence-electron chi connectivity index (χ1n) is 10.7. The summed E-state index contributed by atoms with van der Waals surface area (Å²) < 4.78 is 5.31. The highest BCUT2D eigenvalue weighted by Gasteiger charge is 2.55. The van der Waals surface area contributed by atoms with Crippen molar-refractivity contribution in [1.82, 2.24) is 5.06 Å². The molecule has 9 heteroatoms. The van der Waals surface area contributed by atoms with Crippen LogP contribution in [0.2, 0.25) is 0 Å². The summed E-state index contributed by atoms with van der Waals surface area (Å²) in [6.45, 7) is 0. The fourth-order valence-corrected chi connectivity index (χ4v) is 5.92. The van der Waals surface area contributed by atoms with Crippen LogP contribution < -0.4 is 4.74 Å². The van der Waals surface area contributed by atoms with E-state index in [0.29, 0.717) is 16.7 Å². The van der Waals surface area contributed by atoms with Crippen molar-refractivity contribution in [1.29, 1.82) is 0 Å². The summed E-state index contributed by atoms with van der Waals surface area (Å²) in [5.74, 6) is -4.20. The molecule has 0 radical (unpaired) electrons. The number of halogens is 1. The van der Waals surface area contributed by atoms with Crippen LogP contribution in [0.15, 0.2) is 57.6 Å². The van der Waals surface area contributed by atoms with Gasteiger partial charge in [0.2, 0.25) is 0 Å². The van der Waals surface area contributed by atoms with Gasteiger partial charge < -0.3 is 9.84 Å². The minimum Gasteiger partial charge on any atom is -0.504 e. The molecule has 0 aromatic heterocycles. The van der Waals surface area contributed by atoms with Gasteiger partial charge in [-0.2, -0.15) is 5.06 Å². The van der Waals surface area contributed by atoms with E-state index in [0.717, 1.165) is 5.57 Å². The van der Waals surface area contributed by atoms with Crippen LogP contribution in [-0.4, -0.2) is 45.9 Å². The number of hydrogen-bond acceptors (Lipinski definition) is 7. The Balaban J connectivity index is 1.61. The van der Waals surface area contributed by atoms with E-state index in [1.165, 1.54) is 19.3 Å². The van der Waals surface area contributed by atoms with E-state index in [1.807, 2.05) is 6.08 Å². The lowest BCUT2D eigenvalue weighted by Gasteiger charge is -2.40. The number of imide groups is 1. The number of hydroxylamine groups is 2. The number of rotatable bonds is 3. The highest BCUT2D eigenvalue weighted by atomic mass is 79.9. The number of benzene rings is 1. The van der Waals surface area contributed by atoms with E-state index in [9.17, 15) is 29.5 Å². The number of ketones is 2. The normalized spacial score (nSPS) is 28.6. The van der Waals surface area contributed by atoms with Crippen LogP contribution in [0, 0.1) is 23.7 Å². The number of phenolic OH excluding ortho intramolecular Hbond substituents is 1. The molecule has 5 rings (SSSR count). The third kappa shape index (κ3) is 3.30. The molecule has 1 aliphatic heterocycles. The summed E-state index contributed by atoms with van der Waals surface area (Å²) in [5, 5.41) is 20.0. The van der Waals surface area contributed by atoms with Gasteiger partial charge in [0.1, 0.15) is 0 Å². The zero-order chi connectivity index (χ0) is 24.3. The molecule has 0 bridgehead atoms. The topological polar surface area (TPSA) is 121 Å².